The Balaban J connectivity index is 1.79. The molecule has 1 heterocycles. The minimum absolute atomic E-state index is 0.746. The standard InChI is InChI=1S/C16H23ClN2/c17-15-7-5-6-13(12-18-14-8-9-14)16(15)19-10-3-1-2-4-11-19/h5-7,14,18H,1-4,8-12H2. The molecule has 2 nitrogen and oxygen atoms in total. The van der Waals surface area contributed by atoms with Crippen LogP contribution in [0.2, 0.25) is 5.02 Å². The van der Waals surface area contributed by atoms with E-state index in [1.165, 1.54) is 49.8 Å². The Labute approximate surface area is 121 Å². The van der Waals surface area contributed by atoms with Crippen LogP contribution in [0.4, 0.5) is 5.69 Å². The summed E-state index contributed by atoms with van der Waals surface area (Å²) in [7, 11) is 0. The normalized spacial score (nSPS) is 20.4. The zero-order valence-corrected chi connectivity index (χ0v) is 12.3. The Morgan fingerprint density at radius 2 is 1.84 bits per heavy atom. The first-order valence-corrected chi connectivity index (χ1v) is 7.98. The van der Waals surface area contributed by atoms with Gasteiger partial charge in [-0.05, 0) is 37.3 Å². The first kappa shape index (κ1) is 13.3. The van der Waals surface area contributed by atoms with Gasteiger partial charge < -0.3 is 10.2 Å². The van der Waals surface area contributed by atoms with E-state index >= 15 is 0 Å². The number of para-hydroxylation sites is 1. The van der Waals surface area contributed by atoms with Crippen molar-refractivity contribution in [3.8, 4) is 0 Å². The summed E-state index contributed by atoms with van der Waals surface area (Å²) < 4.78 is 0. The average molecular weight is 279 g/mol. The van der Waals surface area contributed by atoms with Crippen LogP contribution in [0.25, 0.3) is 0 Å². The van der Waals surface area contributed by atoms with Gasteiger partial charge in [0.25, 0.3) is 0 Å². The lowest BCUT2D eigenvalue weighted by Crippen LogP contribution is -2.27. The highest BCUT2D eigenvalue weighted by Crippen LogP contribution is 2.32. The summed E-state index contributed by atoms with van der Waals surface area (Å²) in [5, 5.41) is 4.52. The Morgan fingerprint density at radius 1 is 1.11 bits per heavy atom. The van der Waals surface area contributed by atoms with Gasteiger partial charge in [0.05, 0.1) is 10.7 Å². The first-order chi connectivity index (χ1) is 9.34. The van der Waals surface area contributed by atoms with Crippen LogP contribution in [-0.2, 0) is 6.54 Å². The Hall–Kier alpha value is -0.730. The molecule has 1 aliphatic carbocycles. The van der Waals surface area contributed by atoms with Crippen molar-refractivity contribution >= 4 is 17.3 Å². The summed E-state index contributed by atoms with van der Waals surface area (Å²) in [5.41, 5.74) is 2.64. The van der Waals surface area contributed by atoms with Crippen molar-refractivity contribution in [1.29, 1.82) is 0 Å². The molecule has 0 atom stereocenters. The molecule has 1 N–H and O–H groups in total. The molecule has 1 aliphatic heterocycles. The van der Waals surface area contributed by atoms with Gasteiger partial charge >= 0.3 is 0 Å². The van der Waals surface area contributed by atoms with Gasteiger partial charge in [-0.25, -0.2) is 0 Å². The molecule has 1 saturated heterocycles. The fourth-order valence-electron chi connectivity index (χ4n) is 2.89. The topological polar surface area (TPSA) is 15.3 Å². The summed E-state index contributed by atoms with van der Waals surface area (Å²) >= 11 is 6.48. The minimum atomic E-state index is 0.746. The number of anilines is 1. The first-order valence-electron chi connectivity index (χ1n) is 7.60. The van der Waals surface area contributed by atoms with Crippen molar-refractivity contribution in [3.63, 3.8) is 0 Å². The fourth-order valence-corrected chi connectivity index (χ4v) is 3.21. The van der Waals surface area contributed by atoms with Gasteiger partial charge in [0, 0.05) is 25.7 Å². The molecule has 0 aromatic heterocycles. The number of benzene rings is 1. The smallest absolute Gasteiger partial charge is 0.0642 e. The lowest BCUT2D eigenvalue weighted by molar-refractivity contribution is 0.682. The molecule has 1 saturated carbocycles. The quantitative estimate of drug-likeness (QED) is 0.896. The lowest BCUT2D eigenvalue weighted by atomic mass is 10.1. The van der Waals surface area contributed by atoms with Crippen LogP contribution in [0.3, 0.4) is 0 Å². The minimum Gasteiger partial charge on any atom is -0.370 e. The van der Waals surface area contributed by atoms with E-state index < -0.39 is 0 Å². The molecule has 2 aliphatic rings. The van der Waals surface area contributed by atoms with Gasteiger partial charge in [-0.15, -0.1) is 0 Å². The molecule has 2 fully saturated rings. The number of hydrogen-bond donors (Lipinski definition) is 1. The number of halogens is 1. The van der Waals surface area contributed by atoms with Crippen molar-refractivity contribution in [3.05, 3.63) is 28.8 Å². The van der Waals surface area contributed by atoms with E-state index in [9.17, 15) is 0 Å². The molecule has 0 radical (unpaired) electrons. The van der Waals surface area contributed by atoms with Crippen molar-refractivity contribution in [2.75, 3.05) is 18.0 Å². The molecular weight excluding hydrogens is 256 g/mol. The maximum atomic E-state index is 6.48. The summed E-state index contributed by atoms with van der Waals surface area (Å²) in [6.45, 7) is 3.26. The highest BCUT2D eigenvalue weighted by molar-refractivity contribution is 6.33. The van der Waals surface area contributed by atoms with Crippen LogP contribution < -0.4 is 10.2 Å². The van der Waals surface area contributed by atoms with E-state index in [2.05, 4.69) is 22.3 Å². The third-order valence-electron chi connectivity index (χ3n) is 4.15. The van der Waals surface area contributed by atoms with E-state index in [1.54, 1.807) is 0 Å². The Morgan fingerprint density at radius 3 is 2.53 bits per heavy atom. The van der Waals surface area contributed by atoms with Crippen LogP contribution in [0.15, 0.2) is 18.2 Å². The van der Waals surface area contributed by atoms with E-state index in [0.29, 0.717) is 0 Å². The van der Waals surface area contributed by atoms with Gasteiger partial charge in [0.15, 0.2) is 0 Å². The summed E-state index contributed by atoms with van der Waals surface area (Å²) in [5.74, 6) is 0. The van der Waals surface area contributed by atoms with Crippen molar-refractivity contribution < 1.29 is 0 Å². The van der Waals surface area contributed by atoms with Crippen LogP contribution in [0, 0.1) is 0 Å². The van der Waals surface area contributed by atoms with Gasteiger partial charge in [-0.3, -0.25) is 0 Å². The molecule has 19 heavy (non-hydrogen) atoms. The molecular formula is C16H23ClN2. The molecule has 0 unspecified atom stereocenters. The number of rotatable bonds is 4. The van der Waals surface area contributed by atoms with Crippen LogP contribution >= 0.6 is 11.6 Å². The van der Waals surface area contributed by atoms with E-state index in [1.807, 2.05) is 6.07 Å². The van der Waals surface area contributed by atoms with Crippen LogP contribution in [-0.4, -0.2) is 19.1 Å². The van der Waals surface area contributed by atoms with E-state index in [-0.39, 0.29) is 0 Å². The van der Waals surface area contributed by atoms with Crippen LogP contribution in [0.5, 0.6) is 0 Å². The van der Waals surface area contributed by atoms with Crippen molar-refractivity contribution in [2.45, 2.75) is 51.1 Å². The Kier molecular flexibility index (Phi) is 4.29. The average Bonchev–Trinajstić information content (AvgIpc) is 3.24. The number of nitrogens with one attached hydrogen (secondary N) is 1. The monoisotopic (exact) mass is 278 g/mol. The maximum Gasteiger partial charge on any atom is 0.0642 e. The third-order valence-corrected chi connectivity index (χ3v) is 4.46. The Bertz CT molecular complexity index is 421. The second kappa shape index (κ2) is 6.15. The third kappa shape index (κ3) is 3.43. The maximum absolute atomic E-state index is 6.48. The number of hydrogen-bond acceptors (Lipinski definition) is 2. The predicted octanol–water partition coefficient (Wildman–Crippen LogP) is 3.97. The fraction of sp³-hybridized carbons (Fsp3) is 0.625. The predicted molar refractivity (Wildman–Crippen MR) is 82.0 cm³/mol. The van der Waals surface area contributed by atoms with Crippen LogP contribution in [0.1, 0.15) is 44.1 Å². The molecule has 3 heteroatoms. The molecule has 0 spiro atoms. The zero-order valence-electron chi connectivity index (χ0n) is 11.5. The molecule has 0 bridgehead atoms. The molecule has 0 amide bonds. The zero-order chi connectivity index (χ0) is 13.1. The number of nitrogens with zero attached hydrogens (tertiary/aromatic N) is 1. The van der Waals surface area contributed by atoms with E-state index in [0.717, 1.165) is 30.7 Å². The summed E-state index contributed by atoms with van der Waals surface area (Å²) in [4.78, 5) is 2.50. The van der Waals surface area contributed by atoms with Gasteiger partial charge in [0.2, 0.25) is 0 Å². The molecule has 1 aromatic carbocycles. The highest BCUT2D eigenvalue weighted by Gasteiger charge is 2.22. The van der Waals surface area contributed by atoms with Gasteiger partial charge in [-0.2, -0.15) is 0 Å². The molecule has 3 rings (SSSR count). The van der Waals surface area contributed by atoms with Crippen molar-refractivity contribution in [2.24, 2.45) is 0 Å². The van der Waals surface area contributed by atoms with Crippen molar-refractivity contribution in [1.82, 2.24) is 5.32 Å². The molecule has 1 aromatic rings. The largest absolute Gasteiger partial charge is 0.370 e. The second-order valence-corrected chi connectivity index (χ2v) is 6.21. The second-order valence-electron chi connectivity index (χ2n) is 5.80. The van der Waals surface area contributed by atoms with Gasteiger partial charge in [-0.1, -0.05) is 36.6 Å². The SMILES string of the molecule is Clc1cccc(CNC2CC2)c1N1CCCCCC1. The summed E-state index contributed by atoms with van der Waals surface area (Å²) in [6.07, 6.45) is 7.97. The highest BCUT2D eigenvalue weighted by atomic mass is 35.5. The van der Waals surface area contributed by atoms with Gasteiger partial charge in [0.1, 0.15) is 0 Å². The van der Waals surface area contributed by atoms with E-state index in [4.69, 9.17) is 11.6 Å². The molecule has 104 valence electrons. The summed E-state index contributed by atoms with van der Waals surface area (Å²) in [6, 6.07) is 7.08. The lowest BCUT2D eigenvalue weighted by Gasteiger charge is -2.26.